The van der Waals surface area contributed by atoms with E-state index in [1.807, 2.05) is 13.0 Å². The molecular formula is C16H24N4. The highest BCUT2D eigenvalue weighted by molar-refractivity contribution is 6.00. The van der Waals surface area contributed by atoms with E-state index in [0.717, 1.165) is 29.9 Å². The van der Waals surface area contributed by atoms with Crippen molar-refractivity contribution in [3.63, 3.8) is 0 Å². The summed E-state index contributed by atoms with van der Waals surface area (Å²) >= 11 is 0. The van der Waals surface area contributed by atoms with Crippen LogP contribution in [0, 0.1) is 12.3 Å². The monoisotopic (exact) mass is 272 g/mol. The van der Waals surface area contributed by atoms with Gasteiger partial charge in [0.2, 0.25) is 0 Å². The van der Waals surface area contributed by atoms with E-state index in [1.165, 1.54) is 32.4 Å². The number of nitrogens with zero attached hydrogens (tertiary/aromatic N) is 2. The van der Waals surface area contributed by atoms with Crippen molar-refractivity contribution in [3.05, 3.63) is 29.3 Å². The van der Waals surface area contributed by atoms with Crippen LogP contribution in [0.15, 0.2) is 18.2 Å². The molecule has 2 aliphatic heterocycles. The third kappa shape index (κ3) is 2.52. The second-order valence-electron chi connectivity index (χ2n) is 6.07. The van der Waals surface area contributed by atoms with Gasteiger partial charge < -0.3 is 10.6 Å². The molecule has 1 atom stereocenters. The average molecular weight is 272 g/mol. The van der Waals surface area contributed by atoms with Gasteiger partial charge in [0.25, 0.3) is 0 Å². The van der Waals surface area contributed by atoms with E-state index in [4.69, 9.17) is 11.1 Å². The van der Waals surface area contributed by atoms with Crippen molar-refractivity contribution >= 4 is 11.5 Å². The number of nitrogen functional groups attached to an aromatic ring is 1. The van der Waals surface area contributed by atoms with Gasteiger partial charge in [-0.1, -0.05) is 11.6 Å². The summed E-state index contributed by atoms with van der Waals surface area (Å²) in [5, 5.41) is 7.79. The Morgan fingerprint density at radius 3 is 2.70 bits per heavy atom. The fourth-order valence-electron chi connectivity index (χ4n) is 3.51. The zero-order valence-corrected chi connectivity index (χ0v) is 12.2. The van der Waals surface area contributed by atoms with Crippen LogP contribution in [-0.2, 0) is 0 Å². The van der Waals surface area contributed by atoms with Crippen LogP contribution in [0.5, 0.6) is 0 Å². The van der Waals surface area contributed by atoms with Crippen LogP contribution in [0.3, 0.4) is 0 Å². The van der Waals surface area contributed by atoms with Crippen molar-refractivity contribution in [1.29, 1.82) is 5.41 Å². The maximum atomic E-state index is 7.79. The second-order valence-corrected chi connectivity index (χ2v) is 6.07. The van der Waals surface area contributed by atoms with Crippen molar-refractivity contribution in [2.24, 2.45) is 5.73 Å². The van der Waals surface area contributed by atoms with E-state index >= 15 is 0 Å². The van der Waals surface area contributed by atoms with E-state index in [-0.39, 0.29) is 5.84 Å². The normalized spacial score (nSPS) is 23.4. The quantitative estimate of drug-likeness (QED) is 0.653. The highest BCUT2D eigenvalue weighted by atomic mass is 15.3. The maximum absolute atomic E-state index is 7.79. The summed E-state index contributed by atoms with van der Waals surface area (Å²) in [7, 11) is 0. The SMILES string of the molecule is Cc1ccc(N2CCC(N3CCCC3)C2)c(C(=N)N)c1. The van der Waals surface area contributed by atoms with Crippen LogP contribution in [-0.4, -0.2) is 43.0 Å². The molecule has 0 spiro atoms. The lowest BCUT2D eigenvalue weighted by Gasteiger charge is -2.25. The third-order valence-corrected chi connectivity index (χ3v) is 4.60. The van der Waals surface area contributed by atoms with Gasteiger partial charge >= 0.3 is 0 Å². The van der Waals surface area contributed by atoms with Crippen molar-refractivity contribution < 1.29 is 0 Å². The van der Waals surface area contributed by atoms with Gasteiger partial charge in [0.05, 0.1) is 0 Å². The minimum atomic E-state index is 0.174. The van der Waals surface area contributed by atoms with Gasteiger partial charge in [0, 0.05) is 30.4 Å². The molecule has 0 aromatic heterocycles. The highest BCUT2D eigenvalue weighted by Crippen LogP contribution is 2.28. The number of rotatable bonds is 3. The first-order valence-electron chi connectivity index (χ1n) is 7.59. The summed E-state index contributed by atoms with van der Waals surface area (Å²) in [6.45, 7) is 6.71. The number of aryl methyl sites for hydroxylation is 1. The average Bonchev–Trinajstić information content (AvgIpc) is 3.09. The Labute approximate surface area is 121 Å². The molecule has 0 saturated carbocycles. The van der Waals surface area contributed by atoms with Crippen LogP contribution in [0.2, 0.25) is 0 Å². The Hall–Kier alpha value is -1.55. The van der Waals surface area contributed by atoms with Gasteiger partial charge in [-0.15, -0.1) is 0 Å². The number of nitrogens with one attached hydrogen (secondary N) is 1. The van der Waals surface area contributed by atoms with Crippen LogP contribution in [0.25, 0.3) is 0 Å². The fourth-order valence-corrected chi connectivity index (χ4v) is 3.51. The fraction of sp³-hybridized carbons (Fsp3) is 0.562. The van der Waals surface area contributed by atoms with E-state index in [2.05, 4.69) is 21.9 Å². The molecule has 0 aliphatic carbocycles. The Kier molecular flexibility index (Phi) is 3.66. The molecule has 3 rings (SSSR count). The molecule has 2 saturated heterocycles. The molecule has 2 fully saturated rings. The topological polar surface area (TPSA) is 56.4 Å². The van der Waals surface area contributed by atoms with Crippen molar-refractivity contribution in [1.82, 2.24) is 4.90 Å². The molecule has 1 aromatic rings. The summed E-state index contributed by atoms with van der Waals surface area (Å²) in [5.41, 5.74) is 8.93. The summed E-state index contributed by atoms with van der Waals surface area (Å²) in [6, 6.07) is 6.95. The number of benzene rings is 1. The largest absolute Gasteiger partial charge is 0.384 e. The van der Waals surface area contributed by atoms with E-state index in [1.54, 1.807) is 0 Å². The lowest BCUT2D eigenvalue weighted by atomic mass is 10.1. The Bertz CT molecular complexity index is 505. The first-order chi connectivity index (χ1) is 9.65. The first kappa shape index (κ1) is 13.4. The predicted octanol–water partition coefficient (Wildman–Crippen LogP) is 1.95. The van der Waals surface area contributed by atoms with Crippen LogP contribution in [0.1, 0.15) is 30.4 Å². The summed E-state index contributed by atoms with van der Waals surface area (Å²) in [4.78, 5) is 5.03. The van der Waals surface area contributed by atoms with E-state index in [0.29, 0.717) is 6.04 Å². The van der Waals surface area contributed by atoms with Gasteiger partial charge in [-0.2, -0.15) is 0 Å². The Balaban J connectivity index is 1.78. The standard InChI is InChI=1S/C16H24N4/c1-12-4-5-15(14(10-12)16(17)18)20-9-6-13(11-20)19-7-2-3-8-19/h4-5,10,13H,2-3,6-9,11H2,1H3,(H3,17,18). The lowest BCUT2D eigenvalue weighted by Crippen LogP contribution is -2.35. The van der Waals surface area contributed by atoms with Gasteiger partial charge in [-0.25, -0.2) is 0 Å². The molecule has 0 radical (unpaired) electrons. The Morgan fingerprint density at radius 2 is 2.00 bits per heavy atom. The number of likely N-dealkylation sites (tertiary alicyclic amines) is 1. The maximum Gasteiger partial charge on any atom is 0.124 e. The minimum Gasteiger partial charge on any atom is -0.384 e. The molecule has 20 heavy (non-hydrogen) atoms. The smallest absolute Gasteiger partial charge is 0.124 e. The van der Waals surface area contributed by atoms with Crippen molar-refractivity contribution in [3.8, 4) is 0 Å². The van der Waals surface area contributed by atoms with Crippen LogP contribution < -0.4 is 10.6 Å². The Morgan fingerprint density at radius 1 is 1.25 bits per heavy atom. The van der Waals surface area contributed by atoms with Gasteiger partial charge in [-0.3, -0.25) is 10.3 Å². The van der Waals surface area contributed by atoms with Gasteiger partial charge in [0.15, 0.2) is 0 Å². The number of hydrogen-bond acceptors (Lipinski definition) is 3. The van der Waals surface area contributed by atoms with Crippen molar-refractivity contribution in [2.45, 2.75) is 32.2 Å². The zero-order chi connectivity index (χ0) is 14.1. The molecule has 1 aromatic carbocycles. The van der Waals surface area contributed by atoms with Crippen molar-refractivity contribution in [2.75, 3.05) is 31.1 Å². The van der Waals surface area contributed by atoms with Gasteiger partial charge in [0.1, 0.15) is 5.84 Å². The van der Waals surface area contributed by atoms with Crippen LogP contribution >= 0.6 is 0 Å². The summed E-state index contributed by atoms with van der Waals surface area (Å²) in [5.74, 6) is 0.174. The highest BCUT2D eigenvalue weighted by Gasteiger charge is 2.30. The molecule has 2 aliphatic rings. The molecule has 2 heterocycles. The number of hydrogen-bond donors (Lipinski definition) is 2. The number of anilines is 1. The number of nitrogens with two attached hydrogens (primary N) is 1. The van der Waals surface area contributed by atoms with Gasteiger partial charge in [-0.05, 0) is 51.4 Å². The molecule has 108 valence electrons. The zero-order valence-electron chi connectivity index (χ0n) is 12.2. The first-order valence-corrected chi connectivity index (χ1v) is 7.59. The molecule has 4 heteroatoms. The van der Waals surface area contributed by atoms with E-state index in [9.17, 15) is 0 Å². The molecule has 3 N–H and O–H groups in total. The minimum absolute atomic E-state index is 0.174. The summed E-state index contributed by atoms with van der Waals surface area (Å²) < 4.78 is 0. The molecular weight excluding hydrogens is 248 g/mol. The number of amidine groups is 1. The molecule has 1 unspecified atom stereocenters. The summed E-state index contributed by atoms with van der Waals surface area (Å²) in [6.07, 6.45) is 3.92. The molecule has 4 nitrogen and oxygen atoms in total. The molecule has 0 bridgehead atoms. The third-order valence-electron chi connectivity index (χ3n) is 4.60. The second kappa shape index (κ2) is 5.44. The van der Waals surface area contributed by atoms with Crippen LogP contribution in [0.4, 0.5) is 5.69 Å². The van der Waals surface area contributed by atoms with E-state index < -0.39 is 0 Å². The lowest BCUT2D eigenvalue weighted by molar-refractivity contribution is 0.260. The predicted molar refractivity (Wildman–Crippen MR) is 83.6 cm³/mol. The molecule has 0 amide bonds.